The van der Waals surface area contributed by atoms with E-state index in [2.05, 4.69) is 13.8 Å². The van der Waals surface area contributed by atoms with Crippen LogP contribution in [0, 0.1) is 0 Å². The van der Waals surface area contributed by atoms with E-state index in [1.165, 1.54) is 201 Å². The van der Waals surface area contributed by atoms with Crippen molar-refractivity contribution in [3.8, 4) is 28.7 Å². The molecule has 0 amide bonds. The summed E-state index contributed by atoms with van der Waals surface area (Å²) in [6.45, 7) is 5.50. The Morgan fingerprint density at radius 3 is 0.959 bits per heavy atom. The minimum atomic E-state index is -0.714. The summed E-state index contributed by atoms with van der Waals surface area (Å²) in [6.07, 6.45) is 30.2. The Bertz CT molecular complexity index is 2410. The molecule has 11 heteroatoms. The third kappa shape index (κ3) is 22.6. The minimum Gasteiger partial charge on any atom is -0.494 e. The van der Waals surface area contributed by atoms with Gasteiger partial charge >= 0.3 is 29.8 Å². The summed E-state index contributed by atoms with van der Waals surface area (Å²) in [4.78, 5) is 64.4. The summed E-state index contributed by atoms with van der Waals surface area (Å²) in [7, 11) is 0. The van der Waals surface area contributed by atoms with Gasteiger partial charge in [-0.2, -0.15) is 0 Å². The molecule has 0 heterocycles. The van der Waals surface area contributed by atoms with Crippen LogP contribution in [0.2, 0.25) is 0 Å². The predicted octanol–water partition coefficient (Wildman–Crippen LogP) is 16.5. The summed E-state index contributed by atoms with van der Waals surface area (Å²) in [5, 5.41) is 0. The zero-order valence-corrected chi connectivity index (χ0v) is 43.9. The van der Waals surface area contributed by atoms with Crippen LogP contribution in [0.4, 0.5) is 0 Å². The first kappa shape index (κ1) is 58.1. The van der Waals surface area contributed by atoms with Gasteiger partial charge in [0.25, 0.3) is 0 Å². The normalized spacial score (nSPS) is 10.9. The first-order valence-corrected chi connectivity index (χ1v) is 27.4. The summed E-state index contributed by atoms with van der Waals surface area (Å²) in [5.41, 5.74) is 1.27. The van der Waals surface area contributed by atoms with Gasteiger partial charge in [0, 0.05) is 0 Å². The molecule has 11 nitrogen and oxygen atoms in total. The lowest BCUT2D eigenvalue weighted by atomic mass is 10.1. The molecule has 0 unspecified atom stereocenters. The van der Waals surface area contributed by atoms with Gasteiger partial charge < -0.3 is 28.4 Å². The van der Waals surface area contributed by atoms with Gasteiger partial charge in [-0.05, 0) is 128 Å². The van der Waals surface area contributed by atoms with Crippen LogP contribution < -0.4 is 23.7 Å². The summed E-state index contributed by atoms with van der Waals surface area (Å²) in [6, 6.07) is 30.8. The van der Waals surface area contributed by atoms with Gasteiger partial charge in [0.05, 0.1) is 41.0 Å². The van der Waals surface area contributed by atoms with Crippen LogP contribution in [0.25, 0.3) is 0 Å². The van der Waals surface area contributed by atoms with Crippen molar-refractivity contribution in [1.29, 1.82) is 0 Å². The molecular formula is C63H78O11. The van der Waals surface area contributed by atoms with Crippen molar-refractivity contribution >= 4 is 29.8 Å². The molecular weight excluding hydrogens is 933 g/mol. The number of unbranched alkanes of at least 4 members (excludes halogenated alkanes) is 22. The number of carbonyl (C=O) groups is 5. The average molecular weight is 1010 g/mol. The van der Waals surface area contributed by atoms with Crippen molar-refractivity contribution in [2.45, 2.75) is 168 Å². The second-order valence-corrected chi connectivity index (χ2v) is 18.9. The largest absolute Gasteiger partial charge is 0.494 e. The number of hydrogen-bond donors (Lipinski definition) is 0. The second kappa shape index (κ2) is 34.6. The Morgan fingerprint density at radius 2 is 0.581 bits per heavy atom. The quantitative estimate of drug-likeness (QED) is 0.0215. The Labute approximate surface area is 439 Å². The van der Waals surface area contributed by atoms with E-state index in [-0.39, 0.29) is 39.7 Å². The number of rotatable bonds is 36. The zero-order chi connectivity index (χ0) is 52.4. The van der Waals surface area contributed by atoms with Crippen molar-refractivity contribution in [3.05, 3.63) is 149 Å². The lowest BCUT2D eigenvalue weighted by molar-refractivity contribution is 0.0496. The molecule has 0 saturated carbocycles. The molecule has 0 N–H and O–H groups in total. The Hall–Kier alpha value is -6.75. The van der Waals surface area contributed by atoms with Crippen LogP contribution in [-0.2, 0) is 4.74 Å². The highest BCUT2D eigenvalue weighted by atomic mass is 16.6. The molecule has 0 aromatic heterocycles. The van der Waals surface area contributed by atoms with Crippen molar-refractivity contribution in [2.24, 2.45) is 0 Å². The van der Waals surface area contributed by atoms with Crippen LogP contribution >= 0.6 is 0 Å². The van der Waals surface area contributed by atoms with E-state index >= 15 is 0 Å². The summed E-state index contributed by atoms with van der Waals surface area (Å²) in [5.74, 6) is -1.52. The molecule has 0 spiro atoms. The van der Waals surface area contributed by atoms with Gasteiger partial charge in [0.1, 0.15) is 28.7 Å². The van der Waals surface area contributed by atoms with Crippen molar-refractivity contribution in [3.63, 3.8) is 0 Å². The molecule has 0 radical (unpaired) electrons. The molecule has 0 bridgehead atoms. The molecule has 0 aliphatic heterocycles. The first-order valence-electron chi connectivity index (χ1n) is 27.4. The van der Waals surface area contributed by atoms with E-state index in [0.29, 0.717) is 30.1 Å². The van der Waals surface area contributed by atoms with E-state index in [1.54, 1.807) is 42.5 Å². The fraction of sp³-hybridized carbons (Fsp3) is 0.444. The smallest absolute Gasteiger partial charge is 0.343 e. The van der Waals surface area contributed by atoms with Gasteiger partial charge in [0.2, 0.25) is 0 Å². The maximum atomic E-state index is 13.1. The highest BCUT2D eigenvalue weighted by Gasteiger charge is 2.16. The Kier molecular flexibility index (Phi) is 27.2. The predicted molar refractivity (Wildman–Crippen MR) is 290 cm³/mol. The monoisotopic (exact) mass is 1010 g/mol. The zero-order valence-electron chi connectivity index (χ0n) is 43.9. The van der Waals surface area contributed by atoms with Gasteiger partial charge in [-0.15, -0.1) is 0 Å². The fourth-order valence-electron chi connectivity index (χ4n) is 8.34. The topological polar surface area (TPSA) is 141 Å². The van der Waals surface area contributed by atoms with Gasteiger partial charge in [-0.3, -0.25) is 0 Å². The van der Waals surface area contributed by atoms with Crippen molar-refractivity contribution in [1.82, 2.24) is 0 Å². The first-order chi connectivity index (χ1) is 36.2. The van der Waals surface area contributed by atoms with Gasteiger partial charge in [-0.1, -0.05) is 161 Å². The number of hydrogen-bond acceptors (Lipinski definition) is 11. The lowest BCUT2D eigenvalue weighted by Gasteiger charge is -2.09. The van der Waals surface area contributed by atoms with Crippen molar-refractivity contribution < 1.29 is 52.4 Å². The molecule has 5 aromatic rings. The average Bonchev–Trinajstić information content (AvgIpc) is 3.42. The fourth-order valence-corrected chi connectivity index (χ4v) is 8.34. The van der Waals surface area contributed by atoms with E-state index < -0.39 is 29.8 Å². The van der Waals surface area contributed by atoms with Gasteiger partial charge in [0.15, 0.2) is 0 Å². The minimum absolute atomic E-state index is 0.110. The second-order valence-electron chi connectivity index (χ2n) is 18.9. The number of carbonyl (C=O) groups excluding carboxylic acids is 5. The molecule has 0 aliphatic carbocycles. The van der Waals surface area contributed by atoms with E-state index in [4.69, 9.17) is 28.4 Å². The molecule has 396 valence electrons. The molecule has 0 aliphatic rings. The maximum absolute atomic E-state index is 13.1. The highest BCUT2D eigenvalue weighted by molar-refractivity contribution is 5.95. The lowest BCUT2D eigenvalue weighted by Crippen LogP contribution is -2.12. The Morgan fingerprint density at radius 1 is 0.284 bits per heavy atom. The summed E-state index contributed by atoms with van der Waals surface area (Å²) < 4.78 is 33.4. The van der Waals surface area contributed by atoms with Crippen LogP contribution in [0.5, 0.6) is 28.7 Å². The Balaban J connectivity index is 0.953. The van der Waals surface area contributed by atoms with E-state index in [0.717, 1.165) is 32.1 Å². The SMILES string of the molecule is CCCCCCCCCCCCCCOC(=O)c1ccc(OC(=O)c2ccc(OC(=O)c3cccc(OC(=O)c4ccc(OC(=O)c5ccc(OCCCCCCCCCCCCCC)cc5)cc4)c3)cc2)cc1. The highest BCUT2D eigenvalue weighted by Crippen LogP contribution is 2.23. The molecule has 0 fully saturated rings. The van der Waals surface area contributed by atoms with Gasteiger partial charge in [-0.25, -0.2) is 24.0 Å². The van der Waals surface area contributed by atoms with Crippen LogP contribution in [0.1, 0.15) is 220 Å². The maximum Gasteiger partial charge on any atom is 0.343 e. The molecule has 5 rings (SSSR count). The van der Waals surface area contributed by atoms with Crippen LogP contribution in [0.15, 0.2) is 121 Å². The standard InChI is InChI=1S/C63H78O11/c1-3-5-7-9-11-13-15-17-19-21-23-25-46-69-54-38-30-50(31-39-54)60(65)72-56-42-36-52(37-43-56)62(67)74-58-29-27-28-53(48-58)63(68)73-57-44-34-51(35-45-57)61(66)71-55-40-32-49(33-41-55)59(64)70-47-26-24-22-20-18-16-14-12-10-8-6-4-2/h27-45,48H,3-26,46-47H2,1-2H3. The molecule has 0 atom stereocenters. The molecule has 74 heavy (non-hydrogen) atoms. The third-order valence-electron chi connectivity index (χ3n) is 12.8. The van der Waals surface area contributed by atoms with E-state index in [1.807, 2.05) is 0 Å². The van der Waals surface area contributed by atoms with Crippen LogP contribution in [0.3, 0.4) is 0 Å². The summed E-state index contributed by atoms with van der Waals surface area (Å²) >= 11 is 0. The van der Waals surface area contributed by atoms with E-state index in [9.17, 15) is 24.0 Å². The van der Waals surface area contributed by atoms with Crippen molar-refractivity contribution in [2.75, 3.05) is 13.2 Å². The van der Waals surface area contributed by atoms with Crippen LogP contribution in [-0.4, -0.2) is 43.1 Å². The number of esters is 5. The number of benzene rings is 5. The number of ether oxygens (including phenoxy) is 6. The molecule has 0 saturated heterocycles. The molecule has 5 aromatic carbocycles. The third-order valence-corrected chi connectivity index (χ3v) is 12.8.